The molecule has 0 bridgehead atoms. The van der Waals surface area contributed by atoms with E-state index in [0.717, 1.165) is 65.2 Å². The number of amides is 11. The zero-order valence-electron chi connectivity index (χ0n) is 60.6. The third kappa shape index (κ3) is 23.4. The Balaban J connectivity index is 1.40. The number of carboxylic acid groups (broad SMARTS) is 1. The molecule has 11 amide bonds. The molecule has 0 aromatic heterocycles. The maximum Gasteiger partial charge on any atom is 0.322 e. The quantitative estimate of drug-likeness (QED) is 0.0280. The summed E-state index contributed by atoms with van der Waals surface area (Å²) in [6.07, 6.45) is -34.8. The molecule has 0 spiro atoms. The first-order valence-electron chi connectivity index (χ1n) is 34.8. The van der Waals surface area contributed by atoms with Gasteiger partial charge in [0, 0.05) is 26.9 Å². The molecule has 5 aliphatic rings. The van der Waals surface area contributed by atoms with Gasteiger partial charge < -0.3 is 163 Å². The van der Waals surface area contributed by atoms with Crippen LogP contribution >= 0.6 is 0 Å². The highest BCUT2D eigenvalue weighted by molar-refractivity contribution is 5.99. The highest BCUT2D eigenvalue weighted by Crippen LogP contribution is 2.33. The van der Waals surface area contributed by atoms with Gasteiger partial charge in [0.05, 0.1) is 56.4 Å². The topological polar surface area (TPSA) is 684 Å². The third-order valence-electron chi connectivity index (χ3n) is 18.6. The standard InChI is InChI=1S/C63H106N12O32/c1-21(2)37(56(97)72-41(26(7)82)60(101)75-16-12-14-31(75)53(94)71-40(25(6)81)59(100)74-15-11-13-30(74)52(93)69-38(23(4)79)55(96)65-17-35(85)86)68-57(98)39(24(5)80)70-58(99)42(73-54(95)36(64)22(3)78)27(8)103-62-44(67-29(10)84)51(107-63-50(92)49(91)46(88)33(19-77)105-63)47(89)34(106-62)20-102-61-43(66-28(9)83)48(90)45(87)32(18-76)104-61/h21-27,30-34,36-51,61-63,76-82,87-92H,11-20,64H2,1-10H3,(H,65,96)(H,66,83)(H,67,84)(H,68,98)(H,69,93)(H,70,99)(H,71,94)(H,72,97)(H,73,95)(H,85,86)/t22-,23-,24-,25-,26-,27-,30+,31+,32-,33-,34-,36+,37-,38+,39+,40+,41+,42+,43-,44-,45-,46+,47-,48-,49+,50-,51-,61-,62+,63+/m1/s1. The summed E-state index contributed by atoms with van der Waals surface area (Å²) < 4.78 is 35.6. The third-order valence-corrected chi connectivity index (χ3v) is 18.6. The molecule has 5 rings (SSSR count). The van der Waals surface area contributed by atoms with Crippen molar-refractivity contribution >= 4 is 70.9 Å². The molecule has 44 heteroatoms. The van der Waals surface area contributed by atoms with Crippen LogP contribution in [0.25, 0.3) is 0 Å². The van der Waals surface area contributed by atoms with Crippen LogP contribution in [0.5, 0.6) is 0 Å². The van der Waals surface area contributed by atoms with Gasteiger partial charge in [-0.2, -0.15) is 0 Å². The van der Waals surface area contributed by atoms with Crippen LogP contribution in [0, 0.1) is 5.92 Å². The predicted molar refractivity (Wildman–Crippen MR) is 356 cm³/mol. The SMILES string of the molecule is CC(=O)N[C@H]1[C@H](OC[C@H]2O[C@H](O[C@H](C)[C@H](NC(=O)[C@@H](N)[C@@H](C)O)C(=O)N[C@H](C(=O)N[C@@H](C(=O)N[C@H](C(=O)N3CCC[C@H]3C(=O)N[C@H](C(=O)N3CCC[C@H]3C(=O)N[C@H](C(=O)NCC(=O)O)[C@@H](C)O)[C@@H](C)O)[C@@H](C)O)C(C)C)[C@@H](C)O)[C@H](NC(C)=O)[C@@H](O[C@@H]3O[C@H](CO)[C@H](O)[C@H](O)[C@H]3O)[C@@H]2O)O[C@H](CO)[C@@H](O)[C@@H]1O. The summed E-state index contributed by atoms with van der Waals surface area (Å²) in [6.45, 7) is 7.64. The molecule has 5 aliphatic heterocycles. The van der Waals surface area contributed by atoms with Crippen molar-refractivity contribution in [3.63, 3.8) is 0 Å². The number of carbonyl (C=O) groups excluding carboxylic acids is 11. The first-order chi connectivity index (χ1) is 50.0. The van der Waals surface area contributed by atoms with E-state index < -0.39 is 286 Å². The molecule has 5 saturated heterocycles. The summed E-state index contributed by atoms with van der Waals surface area (Å²) in [5.41, 5.74) is 5.99. The van der Waals surface area contributed by atoms with Gasteiger partial charge in [-0.05, 0) is 73.1 Å². The molecule has 5 heterocycles. The minimum atomic E-state index is -2.17. The van der Waals surface area contributed by atoms with Crippen LogP contribution < -0.4 is 53.6 Å². The van der Waals surface area contributed by atoms with E-state index in [1.807, 2.05) is 5.32 Å². The highest BCUT2D eigenvalue weighted by Gasteiger charge is 2.55. The Bertz CT molecular complexity index is 3060. The van der Waals surface area contributed by atoms with Crippen molar-refractivity contribution in [3.8, 4) is 0 Å². The molecule has 0 aromatic rings. The second-order valence-electron chi connectivity index (χ2n) is 27.5. The molecule has 107 heavy (non-hydrogen) atoms. The van der Waals surface area contributed by atoms with E-state index in [-0.39, 0.29) is 38.8 Å². The predicted octanol–water partition coefficient (Wildman–Crippen LogP) is -13.9. The number of nitrogens with one attached hydrogen (secondary N) is 9. The molecule has 5 fully saturated rings. The van der Waals surface area contributed by atoms with E-state index in [4.69, 9.17) is 39.3 Å². The van der Waals surface area contributed by atoms with Crippen LogP contribution in [0.15, 0.2) is 0 Å². The van der Waals surface area contributed by atoms with Crippen LogP contribution in [-0.4, -0.2) is 375 Å². The number of rotatable bonds is 35. The van der Waals surface area contributed by atoms with Crippen molar-refractivity contribution in [2.45, 2.75) is 278 Å². The van der Waals surface area contributed by atoms with Crippen molar-refractivity contribution < 1.29 is 157 Å². The highest BCUT2D eigenvalue weighted by atomic mass is 16.7. The monoisotopic (exact) mass is 1540 g/mol. The van der Waals surface area contributed by atoms with Gasteiger partial charge in [0.2, 0.25) is 65.0 Å². The number of carbonyl (C=O) groups is 12. The lowest BCUT2D eigenvalue weighted by Gasteiger charge is -2.48. The number of hydrogen-bond acceptors (Lipinski definition) is 32. The Morgan fingerprint density at radius 1 is 0.477 bits per heavy atom. The lowest BCUT2D eigenvalue weighted by Crippen LogP contribution is -2.69. The number of aliphatic carboxylic acids is 1. The molecule has 44 nitrogen and oxygen atoms in total. The van der Waals surface area contributed by atoms with E-state index in [1.165, 1.54) is 13.8 Å². The minimum Gasteiger partial charge on any atom is -0.480 e. The Labute approximate surface area is 613 Å². The fourth-order valence-corrected chi connectivity index (χ4v) is 12.6. The van der Waals surface area contributed by atoms with Crippen LogP contribution in [0.3, 0.4) is 0 Å². The normalized spacial score (nSPS) is 31.1. The van der Waals surface area contributed by atoms with Crippen molar-refractivity contribution in [2.24, 2.45) is 11.7 Å². The van der Waals surface area contributed by atoms with Crippen molar-refractivity contribution in [1.29, 1.82) is 0 Å². The van der Waals surface area contributed by atoms with Gasteiger partial charge in [-0.25, -0.2) is 0 Å². The van der Waals surface area contributed by atoms with E-state index >= 15 is 0 Å². The first kappa shape index (κ1) is 90.5. The van der Waals surface area contributed by atoms with Gasteiger partial charge in [-0.1, -0.05) is 13.8 Å². The van der Waals surface area contributed by atoms with Crippen LogP contribution in [-0.2, 0) is 86.0 Å². The van der Waals surface area contributed by atoms with E-state index in [1.54, 1.807) is 0 Å². The van der Waals surface area contributed by atoms with E-state index in [2.05, 4.69) is 42.5 Å². The van der Waals surface area contributed by atoms with Gasteiger partial charge in [0.1, 0.15) is 134 Å². The summed E-state index contributed by atoms with van der Waals surface area (Å²) in [4.78, 5) is 165. The zero-order chi connectivity index (χ0) is 80.7. The van der Waals surface area contributed by atoms with Gasteiger partial charge in [0.25, 0.3) is 0 Å². The number of ether oxygens (including phenoxy) is 6. The zero-order valence-corrected chi connectivity index (χ0v) is 60.6. The maximum absolute atomic E-state index is 14.8. The molecule has 0 aromatic carbocycles. The molecule has 610 valence electrons. The largest absolute Gasteiger partial charge is 0.480 e. The number of aliphatic hydroxyl groups excluding tert-OH is 13. The molecule has 0 aliphatic carbocycles. The molecule has 0 saturated carbocycles. The van der Waals surface area contributed by atoms with Gasteiger partial charge in [-0.15, -0.1) is 0 Å². The lowest BCUT2D eigenvalue weighted by atomic mass is 9.94. The van der Waals surface area contributed by atoms with Crippen molar-refractivity contribution in [3.05, 3.63) is 0 Å². The smallest absolute Gasteiger partial charge is 0.322 e. The maximum atomic E-state index is 14.8. The first-order valence-corrected chi connectivity index (χ1v) is 34.8. The van der Waals surface area contributed by atoms with E-state index in [0.29, 0.717) is 0 Å². The Morgan fingerprint density at radius 2 is 0.897 bits per heavy atom. The number of carboxylic acids is 1. The van der Waals surface area contributed by atoms with Gasteiger partial charge >= 0.3 is 5.97 Å². The number of hydrogen-bond donors (Lipinski definition) is 24. The second kappa shape index (κ2) is 40.5. The molecule has 30 atom stereocenters. The summed E-state index contributed by atoms with van der Waals surface area (Å²) in [5.74, 6) is -14.1. The minimum absolute atomic E-state index is 0.0263. The van der Waals surface area contributed by atoms with Crippen LogP contribution in [0.2, 0.25) is 0 Å². The molecular weight excluding hydrogens is 1440 g/mol. The van der Waals surface area contributed by atoms with Crippen molar-refractivity contribution in [1.82, 2.24) is 57.7 Å². The number of aliphatic hydroxyl groups is 13. The van der Waals surface area contributed by atoms with Crippen LogP contribution in [0.4, 0.5) is 0 Å². The molecule has 25 N–H and O–H groups in total. The fraction of sp³-hybridized carbons (Fsp3) is 0.810. The Kier molecular flexibility index (Phi) is 34.2. The number of likely N-dealkylation sites (tertiary alicyclic amines) is 2. The lowest BCUT2D eigenvalue weighted by molar-refractivity contribution is -0.352. The molecule has 0 unspecified atom stereocenters. The van der Waals surface area contributed by atoms with Crippen LogP contribution in [0.1, 0.15) is 94.9 Å². The Morgan fingerprint density at radius 3 is 1.37 bits per heavy atom. The Hall–Kier alpha value is -7.16. The average molecular weight is 1540 g/mol. The summed E-state index contributed by atoms with van der Waals surface area (Å²) in [7, 11) is 0. The number of nitrogens with two attached hydrogens (primary N) is 1. The fourth-order valence-electron chi connectivity index (χ4n) is 12.6. The average Bonchev–Trinajstić information content (AvgIpc) is 1.40. The van der Waals surface area contributed by atoms with Gasteiger partial charge in [0.15, 0.2) is 18.9 Å². The second-order valence-corrected chi connectivity index (χ2v) is 27.5. The number of nitrogens with zero attached hydrogens (tertiary/aromatic N) is 2. The van der Waals surface area contributed by atoms with Crippen molar-refractivity contribution in [2.75, 3.05) is 39.5 Å². The molecule has 0 radical (unpaired) electrons. The molecular formula is C63H106N12O32. The summed E-state index contributed by atoms with van der Waals surface area (Å²) in [6, 6.07) is -19.2. The van der Waals surface area contributed by atoms with Gasteiger partial charge in [-0.3, -0.25) is 57.5 Å². The summed E-state index contributed by atoms with van der Waals surface area (Å²) >= 11 is 0. The summed E-state index contributed by atoms with van der Waals surface area (Å²) in [5, 5.41) is 170. The van der Waals surface area contributed by atoms with E-state index in [9.17, 15) is 124 Å².